The third kappa shape index (κ3) is 1.33. The van der Waals surface area contributed by atoms with E-state index in [1.165, 1.54) is 0 Å². The SMILES string of the molecule is NC(=O)c1ccn2cc(CO)nc2c1. The van der Waals surface area contributed by atoms with Crippen molar-refractivity contribution < 1.29 is 9.90 Å². The van der Waals surface area contributed by atoms with Gasteiger partial charge in [0.15, 0.2) is 0 Å². The maximum Gasteiger partial charge on any atom is 0.248 e. The Hall–Kier alpha value is -1.88. The molecule has 0 aliphatic rings. The van der Waals surface area contributed by atoms with E-state index < -0.39 is 5.91 Å². The number of nitrogens with two attached hydrogens (primary N) is 1. The fourth-order valence-electron chi connectivity index (χ4n) is 1.26. The molecule has 3 N–H and O–H groups in total. The number of pyridine rings is 1. The average molecular weight is 191 g/mol. The Morgan fingerprint density at radius 3 is 3.07 bits per heavy atom. The van der Waals surface area contributed by atoms with Gasteiger partial charge >= 0.3 is 0 Å². The highest BCUT2D eigenvalue weighted by atomic mass is 16.3. The van der Waals surface area contributed by atoms with Crippen molar-refractivity contribution in [1.29, 1.82) is 0 Å². The first-order chi connectivity index (χ1) is 6.70. The third-order valence-corrected chi connectivity index (χ3v) is 1.96. The molecule has 0 bridgehead atoms. The molecule has 0 aliphatic carbocycles. The monoisotopic (exact) mass is 191 g/mol. The third-order valence-electron chi connectivity index (χ3n) is 1.96. The Morgan fingerprint density at radius 2 is 2.43 bits per heavy atom. The number of imidazole rings is 1. The van der Waals surface area contributed by atoms with Gasteiger partial charge in [0.1, 0.15) is 5.65 Å². The number of carbonyl (C=O) groups excluding carboxylic acids is 1. The van der Waals surface area contributed by atoms with Gasteiger partial charge in [0.05, 0.1) is 12.3 Å². The van der Waals surface area contributed by atoms with E-state index in [1.807, 2.05) is 0 Å². The topological polar surface area (TPSA) is 80.6 Å². The Bertz CT molecular complexity index is 490. The molecule has 0 unspecified atom stereocenters. The Labute approximate surface area is 79.8 Å². The number of rotatable bonds is 2. The van der Waals surface area contributed by atoms with Crippen LogP contribution in [0, 0.1) is 0 Å². The molecule has 0 atom stereocenters. The van der Waals surface area contributed by atoms with Crippen molar-refractivity contribution in [3.63, 3.8) is 0 Å². The molecule has 14 heavy (non-hydrogen) atoms. The van der Waals surface area contributed by atoms with E-state index in [4.69, 9.17) is 10.8 Å². The summed E-state index contributed by atoms with van der Waals surface area (Å²) >= 11 is 0. The van der Waals surface area contributed by atoms with E-state index in [-0.39, 0.29) is 6.61 Å². The van der Waals surface area contributed by atoms with E-state index in [2.05, 4.69) is 4.98 Å². The molecule has 2 aromatic heterocycles. The van der Waals surface area contributed by atoms with Crippen LogP contribution in [0.1, 0.15) is 16.1 Å². The second kappa shape index (κ2) is 3.12. The fourth-order valence-corrected chi connectivity index (χ4v) is 1.26. The predicted octanol–water partition coefficient (Wildman–Crippen LogP) is -0.0745. The van der Waals surface area contributed by atoms with Gasteiger partial charge in [0.2, 0.25) is 5.91 Å². The van der Waals surface area contributed by atoms with Gasteiger partial charge in [-0.15, -0.1) is 0 Å². The number of nitrogens with zero attached hydrogens (tertiary/aromatic N) is 2. The van der Waals surface area contributed by atoms with Crippen molar-refractivity contribution in [3.8, 4) is 0 Å². The molecule has 72 valence electrons. The number of aliphatic hydroxyl groups excluding tert-OH is 1. The van der Waals surface area contributed by atoms with Crippen molar-refractivity contribution >= 4 is 11.6 Å². The molecule has 5 nitrogen and oxygen atoms in total. The van der Waals surface area contributed by atoms with Crippen molar-refractivity contribution in [2.75, 3.05) is 0 Å². The molecule has 0 aromatic carbocycles. The molecule has 0 spiro atoms. The van der Waals surface area contributed by atoms with Crippen LogP contribution < -0.4 is 5.73 Å². The summed E-state index contributed by atoms with van der Waals surface area (Å²) in [4.78, 5) is 14.9. The van der Waals surface area contributed by atoms with Gasteiger partial charge in [-0.25, -0.2) is 4.98 Å². The Morgan fingerprint density at radius 1 is 1.64 bits per heavy atom. The van der Waals surface area contributed by atoms with Crippen LogP contribution in [0.2, 0.25) is 0 Å². The maximum absolute atomic E-state index is 10.9. The number of aromatic nitrogens is 2. The number of fused-ring (bicyclic) bond motifs is 1. The molecular formula is C9H9N3O2. The summed E-state index contributed by atoms with van der Waals surface area (Å²) in [5.41, 5.74) is 6.69. The first-order valence-electron chi connectivity index (χ1n) is 4.09. The number of amides is 1. The molecule has 5 heteroatoms. The van der Waals surface area contributed by atoms with Gasteiger partial charge in [-0.1, -0.05) is 0 Å². The van der Waals surface area contributed by atoms with Gasteiger partial charge in [-0.2, -0.15) is 0 Å². The summed E-state index contributed by atoms with van der Waals surface area (Å²) in [5, 5.41) is 8.85. The highest BCUT2D eigenvalue weighted by Crippen LogP contribution is 2.07. The number of primary amides is 1. The van der Waals surface area contributed by atoms with Gasteiger partial charge in [-0.3, -0.25) is 4.79 Å². The molecule has 0 radical (unpaired) electrons. The summed E-state index contributed by atoms with van der Waals surface area (Å²) in [6, 6.07) is 3.19. The zero-order valence-electron chi connectivity index (χ0n) is 7.34. The van der Waals surface area contributed by atoms with Crippen LogP contribution in [0.25, 0.3) is 5.65 Å². The lowest BCUT2D eigenvalue weighted by molar-refractivity contribution is 0.100. The summed E-state index contributed by atoms with van der Waals surface area (Å²) in [5.74, 6) is -0.485. The lowest BCUT2D eigenvalue weighted by Gasteiger charge is -1.95. The van der Waals surface area contributed by atoms with Crippen LogP contribution in [0.15, 0.2) is 24.5 Å². The van der Waals surface area contributed by atoms with E-state index in [9.17, 15) is 4.79 Å². The van der Waals surface area contributed by atoms with Crippen LogP contribution >= 0.6 is 0 Å². The number of aliphatic hydroxyl groups is 1. The van der Waals surface area contributed by atoms with Crippen LogP contribution in [-0.4, -0.2) is 20.4 Å². The van der Waals surface area contributed by atoms with Gasteiger partial charge < -0.3 is 15.2 Å². The van der Waals surface area contributed by atoms with Crippen molar-refractivity contribution in [1.82, 2.24) is 9.38 Å². The van der Waals surface area contributed by atoms with Gasteiger partial charge in [0, 0.05) is 18.0 Å². The molecule has 1 amide bonds. The largest absolute Gasteiger partial charge is 0.390 e. The molecule has 0 fully saturated rings. The van der Waals surface area contributed by atoms with E-state index in [1.54, 1.807) is 28.9 Å². The van der Waals surface area contributed by atoms with Crippen LogP contribution in [0.4, 0.5) is 0 Å². The zero-order valence-corrected chi connectivity index (χ0v) is 7.34. The van der Waals surface area contributed by atoms with Crippen molar-refractivity contribution in [3.05, 3.63) is 35.8 Å². The minimum atomic E-state index is -0.485. The molecular weight excluding hydrogens is 182 g/mol. The van der Waals surface area contributed by atoms with Crippen LogP contribution in [0.5, 0.6) is 0 Å². The summed E-state index contributed by atoms with van der Waals surface area (Å²) in [6.45, 7) is -0.117. The standard InChI is InChI=1S/C9H9N3O2/c10-9(14)6-1-2-12-4-7(5-13)11-8(12)3-6/h1-4,13H,5H2,(H2,10,14). The van der Waals surface area contributed by atoms with Gasteiger partial charge in [-0.05, 0) is 12.1 Å². The minimum absolute atomic E-state index is 0.117. The first-order valence-corrected chi connectivity index (χ1v) is 4.09. The number of hydrogen-bond acceptors (Lipinski definition) is 3. The molecule has 2 heterocycles. The smallest absolute Gasteiger partial charge is 0.248 e. The van der Waals surface area contributed by atoms with Crippen molar-refractivity contribution in [2.24, 2.45) is 5.73 Å². The Balaban J connectivity index is 2.59. The summed E-state index contributed by atoms with van der Waals surface area (Å²) in [6.07, 6.45) is 3.38. The van der Waals surface area contributed by atoms with Gasteiger partial charge in [0.25, 0.3) is 0 Å². The van der Waals surface area contributed by atoms with Crippen LogP contribution in [-0.2, 0) is 6.61 Å². The lowest BCUT2D eigenvalue weighted by atomic mass is 10.2. The summed E-state index contributed by atoms with van der Waals surface area (Å²) in [7, 11) is 0. The second-order valence-electron chi connectivity index (χ2n) is 2.94. The van der Waals surface area contributed by atoms with Crippen LogP contribution in [0.3, 0.4) is 0 Å². The first kappa shape index (κ1) is 8.71. The Kier molecular flexibility index (Phi) is 1.94. The van der Waals surface area contributed by atoms with E-state index in [0.29, 0.717) is 16.9 Å². The van der Waals surface area contributed by atoms with E-state index in [0.717, 1.165) is 0 Å². The van der Waals surface area contributed by atoms with E-state index >= 15 is 0 Å². The highest BCUT2D eigenvalue weighted by molar-refractivity contribution is 5.93. The maximum atomic E-state index is 10.9. The zero-order chi connectivity index (χ0) is 10.1. The summed E-state index contributed by atoms with van der Waals surface area (Å²) < 4.78 is 1.72. The quantitative estimate of drug-likeness (QED) is 0.697. The molecule has 2 aromatic rings. The lowest BCUT2D eigenvalue weighted by Crippen LogP contribution is -2.10. The fraction of sp³-hybridized carbons (Fsp3) is 0.111. The molecule has 0 saturated heterocycles. The highest BCUT2D eigenvalue weighted by Gasteiger charge is 2.04. The van der Waals surface area contributed by atoms with Crippen molar-refractivity contribution in [2.45, 2.75) is 6.61 Å². The normalized spacial score (nSPS) is 10.6. The predicted molar refractivity (Wildman–Crippen MR) is 49.6 cm³/mol. The molecule has 2 rings (SSSR count). The molecule has 0 saturated carbocycles. The molecule has 0 aliphatic heterocycles. The number of carbonyl (C=O) groups is 1. The minimum Gasteiger partial charge on any atom is -0.390 e. The number of hydrogen-bond donors (Lipinski definition) is 2. The average Bonchev–Trinajstić information content (AvgIpc) is 2.58. The second-order valence-corrected chi connectivity index (χ2v) is 2.94.